The van der Waals surface area contributed by atoms with E-state index in [-0.39, 0.29) is 11.5 Å². The van der Waals surface area contributed by atoms with Gasteiger partial charge in [-0.3, -0.25) is 0 Å². The summed E-state index contributed by atoms with van der Waals surface area (Å²) in [6.45, 7) is -1.72. The van der Waals surface area contributed by atoms with Gasteiger partial charge in [0.25, 0.3) is 0 Å². The Labute approximate surface area is 135 Å². The lowest BCUT2D eigenvalue weighted by molar-refractivity contribution is 0.00271. The first-order valence-electron chi connectivity index (χ1n) is 10.7. The molecule has 114 valence electrons. The van der Waals surface area contributed by atoms with Crippen molar-refractivity contribution in [3.8, 4) is 5.75 Å². The Morgan fingerprint density at radius 3 is 3.24 bits per heavy atom. The second-order valence-electron chi connectivity index (χ2n) is 6.85. The molecule has 1 unspecified atom stereocenters. The van der Waals surface area contributed by atoms with Gasteiger partial charge in [0.05, 0.1) is 9.30 Å². The maximum absolute atomic E-state index is 7.97. The summed E-state index contributed by atoms with van der Waals surface area (Å²) in [7, 11) is 0. The standard InChI is InChI=1S/C19H27NO/c1-3-21-15-8-7-14-12-18-16-6-4-5-9-19(16,17(14)13-15)10-11-20(18)2/h7-8,13,16,18H,3-6,9-12H2,1-2H3/t16-,18+,19?/m1/s1/i2D3,3D2. The van der Waals surface area contributed by atoms with Crippen molar-refractivity contribution < 1.29 is 11.6 Å². The zero-order chi connectivity index (χ0) is 18.7. The SMILES string of the molecule is [2H]C([2H])(C)Oc1ccc2c(c1)C13CCCC[C@@H]1[C@H](C2)N(C([2H])([2H])[2H])CC3. The molecular weight excluding hydrogens is 258 g/mol. The molecule has 3 aliphatic rings. The summed E-state index contributed by atoms with van der Waals surface area (Å²) >= 11 is 0. The zero-order valence-electron chi connectivity index (χ0n) is 17.7. The molecule has 0 aromatic heterocycles. The van der Waals surface area contributed by atoms with Crippen LogP contribution in [0.3, 0.4) is 0 Å². The van der Waals surface area contributed by atoms with Crippen molar-refractivity contribution in [2.45, 2.75) is 56.9 Å². The topological polar surface area (TPSA) is 12.5 Å². The summed E-state index contributed by atoms with van der Waals surface area (Å²) in [5.74, 6) is 0.943. The highest BCUT2D eigenvalue weighted by atomic mass is 16.5. The molecule has 1 aromatic carbocycles. The highest BCUT2D eigenvalue weighted by Gasteiger charge is 2.53. The molecular formula is C19H27NO. The van der Waals surface area contributed by atoms with Gasteiger partial charge in [-0.2, -0.15) is 0 Å². The molecule has 2 bridgehead atoms. The first kappa shape index (κ1) is 9.19. The molecule has 1 heterocycles. The molecule has 0 amide bonds. The lowest BCUT2D eigenvalue weighted by Crippen LogP contribution is -2.59. The number of rotatable bonds is 2. The Hall–Kier alpha value is -1.02. The maximum Gasteiger partial charge on any atom is 0.119 e. The Balaban J connectivity index is 1.78. The van der Waals surface area contributed by atoms with Crippen LogP contribution in [0, 0.1) is 5.92 Å². The Morgan fingerprint density at radius 1 is 1.43 bits per heavy atom. The van der Waals surface area contributed by atoms with Crippen LogP contribution >= 0.6 is 0 Å². The summed E-state index contributed by atoms with van der Waals surface area (Å²) in [4.78, 5) is 1.76. The highest BCUT2D eigenvalue weighted by molar-refractivity contribution is 5.45. The molecule has 1 aliphatic heterocycles. The number of piperidine rings is 1. The number of ether oxygens (including phenoxy) is 1. The molecule has 3 atom stereocenters. The van der Waals surface area contributed by atoms with Crippen LogP contribution in [0.15, 0.2) is 18.2 Å². The molecule has 2 fully saturated rings. The van der Waals surface area contributed by atoms with Gasteiger partial charge in [0.15, 0.2) is 0 Å². The van der Waals surface area contributed by atoms with E-state index in [1.165, 1.54) is 30.9 Å². The lowest BCUT2D eigenvalue weighted by Gasteiger charge is -2.58. The number of hydrogen-bond acceptors (Lipinski definition) is 2. The number of hydrogen-bond donors (Lipinski definition) is 0. The summed E-state index contributed by atoms with van der Waals surface area (Å²) in [6, 6.07) is 5.97. The predicted molar refractivity (Wildman–Crippen MR) is 86.0 cm³/mol. The van der Waals surface area contributed by atoms with Crippen LogP contribution in [0.25, 0.3) is 0 Å². The van der Waals surface area contributed by atoms with Gasteiger partial charge >= 0.3 is 0 Å². The number of benzene rings is 1. The van der Waals surface area contributed by atoms with E-state index in [1.54, 1.807) is 4.90 Å². The minimum absolute atomic E-state index is 0.0259. The van der Waals surface area contributed by atoms with Gasteiger partial charge in [-0.25, -0.2) is 0 Å². The van der Waals surface area contributed by atoms with E-state index in [4.69, 9.17) is 11.6 Å². The summed E-state index contributed by atoms with van der Waals surface area (Å²) in [5, 5.41) is 0. The Kier molecular flexibility index (Phi) is 2.20. The summed E-state index contributed by atoms with van der Waals surface area (Å²) in [5.41, 5.74) is 2.52. The monoisotopic (exact) mass is 290 g/mol. The smallest absolute Gasteiger partial charge is 0.119 e. The number of nitrogens with zero attached hydrogens (tertiary/aromatic N) is 1. The minimum Gasteiger partial charge on any atom is -0.494 e. The first-order chi connectivity index (χ1) is 12.1. The van der Waals surface area contributed by atoms with Gasteiger partial charge in [0.2, 0.25) is 0 Å². The van der Waals surface area contributed by atoms with E-state index >= 15 is 0 Å². The minimum atomic E-state index is -2.03. The molecule has 0 spiro atoms. The number of likely N-dealkylation sites (tertiary alicyclic amines) is 1. The van der Waals surface area contributed by atoms with Crippen LogP contribution in [0.4, 0.5) is 0 Å². The lowest BCUT2D eigenvalue weighted by atomic mass is 9.52. The average Bonchev–Trinajstić information content (AvgIpc) is 2.53. The fourth-order valence-corrected chi connectivity index (χ4v) is 5.17. The van der Waals surface area contributed by atoms with Crippen molar-refractivity contribution in [1.82, 2.24) is 4.90 Å². The molecule has 2 heteroatoms. The van der Waals surface area contributed by atoms with Crippen LogP contribution in [0.5, 0.6) is 5.75 Å². The molecule has 2 nitrogen and oxygen atoms in total. The van der Waals surface area contributed by atoms with Crippen molar-refractivity contribution in [3.05, 3.63) is 29.3 Å². The molecule has 21 heavy (non-hydrogen) atoms. The second-order valence-corrected chi connectivity index (χ2v) is 6.85. The van der Waals surface area contributed by atoms with Crippen LogP contribution < -0.4 is 4.74 Å². The van der Waals surface area contributed by atoms with Gasteiger partial charge in [0.1, 0.15) is 5.75 Å². The van der Waals surface area contributed by atoms with Crippen LogP contribution in [0.1, 0.15) is 57.0 Å². The molecule has 4 rings (SSSR count). The first-order valence-corrected chi connectivity index (χ1v) is 8.19. The molecule has 1 saturated heterocycles. The van der Waals surface area contributed by atoms with Crippen molar-refractivity contribution in [2.24, 2.45) is 5.92 Å². The molecule has 0 N–H and O–H groups in total. The van der Waals surface area contributed by atoms with Crippen LogP contribution in [0.2, 0.25) is 0 Å². The van der Waals surface area contributed by atoms with E-state index in [0.717, 1.165) is 25.7 Å². The maximum atomic E-state index is 7.97. The normalized spacial score (nSPS) is 39.8. The van der Waals surface area contributed by atoms with E-state index in [0.29, 0.717) is 18.2 Å². The number of likely N-dealkylation sites (N-methyl/N-ethyl adjacent to an activating group) is 1. The fourth-order valence-electron chi connectivity index (χ4n) is 5.17. The summed E-state index contributed by atoms with van der Waals surface area (Å²) < 4.78 is 44.8. The van der Waals surface area contributed by atoms with Gasteiger partial charge in [-0.1, -0.05) is 18.9 Å². The third-order valence-electron chi connectivity index (χ3n) is 6.03. The third-order valence-corrected chi connectivity index (χ3v) is 6.03. The average molecular weight is 290 g/mol. The zero-order valence-corrected chi connectivity index (χ0v) is 12.7. The van der Waals surface area contributed by atoms with Gasteiger partial charge in [-0.05, 0) is 75.3 Å². The fraction of sp³-hybridized carbons (Fsp3) is 0.684. The van der Waals surface area contributed by atoms with E-state index in [2.05, 4.69) is 0 Å². The van der Waals surface area contributed by atoms with E-state index in [9.17, 15) is 0 Å². The van der Waals surface area contributed by atoms with E-state index in [1.807, 2.05) is 18.2 Å². The predicted octanol–water partition coefficient (Wildman–Crippen LogP) is 3.77. The van der Waals surface area contributed by atoms with Gasteiger partial charge < -0.3 is 9.64 Å². The second kappa shape index (κ2) is 5.01. The van der Waals surface area contributed by atoms with Gasteiger partial charge in [-0.15, -0.1) is 0 Å². The summed E-state index contributed by atoms with van der Waals surface area (Å²) in [6.07, 6.45) is 6.15. The van der Waals surface area contributed by atoms with E-state index < -0.39 is 13.5 Å². The number of fused-ring (bicyclic) bond motifs is 1. The molecule has 0 radical (unpaired) electrons. The van der Waals surface area contributed by atoms with Crippen molar-refractivity contribution in [2.75, 3.05) is 20.1 Å². The van der Waals surface area contributed by atoms with Gasteiger partial charge in [0, 0.05) is 15.6 Å². The largest absolute Gasteiger partial charge is 0.494 e. The third kappa shape index (κ3) is 1.95. The van der Waals surface area contributed by atoms with Crippen molar-refractivity contribution in [1.29, 1.82) is 0 Å². The highest BCUT2D eigenvalue weighted by Crippen LogP contribution is 2.55. The molecule has 1 aromatic rings. The van der Waals surface area contributed by atoms with Crippen molar-refractivity contribution in [3.63, 3.8) is 0 Å². The quantitative estimate of drug-likeness (QED) is 0.822. The van der Waals surface area contributed by atoms with Crippen molar-refractivity contribution >= 4 is 0 Å². The van der Waals surface area contributed by atoms with Crippen LogP contribution in [-0.2, 0) is 11.8 Å². The molecule has 2 aliphatic carbocycles. The van der Waals surface area contributed by atoms with Crippen LogP contribution in [-0.4, -0.2) is 31.0 Å². The Morgan fingerprint density at radius 2 is 2.38 bits per heavy atom. The Bertz CT molecular complexity index is 698. The molecule has 1 saturated carbocycles.